The van der Waals surface area contributed by atoms with Gasteiger partial charge in [0.15, 0.2) is 11.6 Å². The number of methoxy groups -OCH3 is 1. The molecule has 4 rings (SSSR count). The summed E-state index contributed by atoms with van der Waals surface area (Å²) in [4.78, 5) is 13.3. The minimum atomic E-state index is 0.542. The molecule has 1 aliphatic rings. The van der Waals surface area contributed by atoms with E-state index < -0.39 is 0 Å². The van der Waals surface area contributed by atoms with Crippen molar-refractivity contribution in [2.24, 2.45) is 0 Å². The van der Waals surface area contributed by atoms with Crippen molar-refractivity contribution in [3.05, 3.63) is 59.9 Å². The number of anilines is 5. The summed E-state index contributed by atoms with van der Waals surface area (Å²) in [5.74, 6) is 2.21. The summed E-state index contributed by atoms with van der Waals surface area (Å²) in [6.45, 7) is 3.42. The molecule has 1 aromatic heterocycles. The summed E-state index contributed by atoms with van der Waals surface area (Å²) in [6, 6.07) is 15.6. The van der Waals surface area contributed by atoms with Crippen LogP contribution < -0.4 is 25.6 Å². The van der Waals surface area contributed by atoms with E-state index in [4.69, 9.17) is 22.1 Å². The molecule has 3 aromatic rings. The topological polar surface area (TPSA) is 79.5 Å². The highest BCUT2D eigenvalue weighted by Gasteiger charge is 2.21. The van der Waals surface area contributed by atoms with Crippen molar-refractivity contribution in [1.29, 1.82) is 0 Å². The number of halogens is 1. The zero-order chi connectivity index (χ0) is 20.2. The monoisotopic (exact) mass is 410 g/mol. The van der Waals surface area contributed by atoms with E-state index in [-0.39, 0.29) is 0 Å². The van der Waals surface area contributed by atoms with Crippen LogP contribution in [-0.2, 0) is 0 Å². The largest absolute Gasteiger partial charge is 0.497 e. The number of nitrogens with zero attached hydrogens (tertiary/aromatic N) is 4. The van der Waals surface area contributed by atoms with Crippen LogP contribution in [0.25, 0.3) is 0 Å². The van der Waals surface area contributed by atoms with Crippen molar-refractivity contribution in [2.75, 3.05) is 54.1 Å². The molecule has 0 aliphatic carbocycles. The van der Waals surface area contributed by atoms with Gasteiger partial charge in [0.05, 0.1) is 7.11 Å². The van der Waals surface area contributed by atoms with Gasteiger partial charge in [0, 0.05) is 42.6 Å². The molecule has 3 N–H and O–H groups in total. The lowest BCUT2D eigenvalue weighted by atomic mass is 10.2. The number of aromatic nitrogens is 2. The van der Waals surface area contributed by atoms with E-state index in [0.717, 1.165) is 43.4 Å². The van der Waals surface area contributed by atoms with E-state index in [0.29, 0.717) is 16.5 Å². The quantitative estimate of drug-likeness (QED) is 0.662. The third kappa shape index (κ3) is 4.30. The number of nitrogens with two attached hydrogens (primary N) is 1. The molecule has 0 bridgehead atoms. The highest BCUT2D eigenvalue weighted by atomic mass is 35.5. The summed E-state index contributed by atoms with van der Waals surface area (Å²) in [5.41, 5.74) is 8.99. The Morgan fingerprint density at radius 1 is 0.931 bits per heavy atom. The van der Waals surface area contributed by atoms with E-state index in [2.05, 4.69) is 37.2 Å². The van der Waals surface area contributed by atoms with Gasteiger partial charge in [0.1, 0.15) is 17.8 Å². The van der Waals surface area contributed by atoms with Crippen molar-refractivity contribution < 1.29 is 4.74 Å². The third-order valence-corrected chi connectivity index (χ3v) is 5.24. The fraction of sp³-hybridized carbons (Fsp3) is 0.238. The van der Waals surface area contributed by atoms with E-state index >= 15 is 0 Å². The average molecular weight is 411 g/mol. The Morgan fingerprint density at radius 2 is 1.59 bits per heavy atom. The minimum Gasteiger partial charge on any atom is -0.497 e. The summed E-state index contributed by atoms with van der Waals surface area (Å²) < 4.78 is 5.24. The Kier molecular flexibility index (Phi) is 5.57. The second kappa shape index (κ2) is 8.45. The first-order valence-electron chi connectivity index (χ1n) is 9.41. The minimum absolute atomic E-state index is 0.542. The van der Waals surface area contributed by atoms with Crippen LogP contribution >= 0.6 is 11.6 Å². The fourth-order valence-electron chi connectivity index (χ4n) is 3.38. The predicted octanol–water partition coefficient (Wildman–Crippen LogP) is 3.79. The van der Waals surface area contributed by atoms with Crippen LogP contribution in [0.5, 0.6) is 5.75 Å². The molecule has 0 atom stereocenters. The molecular weight excluding hydrogens is 388 g/mol. The number of benzene rings is 2. The van der Waals surface area contributed by atoms with E-state index in [1.54, 1.807) is 13.4 Å². The zero-order valence-corrected chi connectivity index (χ0v) is 16.9. The van der Waals surface area contributed by atoms with Gasteiger partial charge in [-0.3, -0.25) is 0 Å². The van der Waals surface area contributed by atoms with Gasteiger partial charge in [0.25, 0.3) is 0 Å². The lowest BCUT2D eigenvalue weighted by Gasteiger charge is -2.37. The fourth-order valence-corrected chi connectivity index (χ4v) is 3.50. The summed E-state index contributed by atoms with van der Waals surface area (Å²) in [7, 11) is 1.68. The normalized spacial score (nSPS) is 14.0. The molecule has 0 radical (unpaired) electrons. The highest BCUT2D eigenvalue weighted by molar-refractivity contribution is 6.30. The number of nitrogens with one attached hydrogen (secondary N) is 1. The van der Waals surface area contributed by atoms with Crippen LogP contribution in [0.1, 0.15) is 0 Å². The molecule has 1 fully saturated rings. The van der Waals surface area contributed by atoms with Gasteiger partial charge in [-0.15, -0.1) is 0 Å². The number of piperazine rings is 1. The SMILES string of the molecule is COc1ccc(N2CCN(c3ncnc(Nc4ccc(Cl)cc4)c3N)CC2)cc1. The van der Waals surface area contributed by atoms with Crippen molar-refractivity contribution in [2.45, 2.75) is 0 Å². The zero-order valence-electron chi connectivity index (χ0n) is 16.2. The van der Waals surface area contributed by atoms with Crippen molar-refractivity contribution in [1.82, 2.24) is 9.97 Å². The van der Waals surface area contributed by atoms with E-state index in [1.165, 1.54) is 5.69 Å². The first-order valence-corrected chi connectivity index (χ1v) is 9.79. The van der Waals surface area contributed by atoms with Gasteiger partial charge in [-0.05, 0) is 48.5 Å². The van der Waals surface area contributed by atoms with Gasteiger partial charge in [-0.1, -0.05) is 11.6 Å². The van der Waals surface area contributed by atoms with Gasteiger partial charge >= 0.3 is 0 Å². The van der Waals surface area contributed by atoms with Crippen LogP contribution in [0.3, 0.4) is 0 Å². The predicted molar refractivity (Wildman–Crippen MR) is 119 cm³/mol. The molecule has 1 saturated heterocycles. The van der Waals surface area contributed by atoms with Crippen LogP contribution in [0.15, 0.2) is 54.9 Å². The van der Waals surface area contributed by atoms with E-state index in [1.807, 2.05) is 36.4 Å². The first kappa shape index (κ1) is 19.1. The van der Waals surface area contributed by atoms with Crippen molar-refractivity contribution >= 4 is 40.3 Å². The maximum Gasteiger partial charge on any atom is 0.159 e. The molecule has 0 unspecified atom stereocenters. The molecule has 0 spiro atoms. The summed E-state index contributed by atoms with van der Waals surface area (Å²) in [6.07, 6.45) is 1.54. The number of hydrogen-bond acceptors (Lipinski definition) is 7. The lowest BCUT2D eigenvalue weighted by molar-refractivity contribution is 0.415. The van der Waals surface area contributed by atoms with Crippen LogP contribution in [-0.4, -0.2) is 43.3 Å². The van der Waals surface area contributed by atoms with Crippen LogP contribution in [0.4, 0.5) is 28.7 Å². The Labute approximate surface area is 175 Å². The Bertz CT molecular complexity index is 956. The highest BCUT2D eigenvalue weighted by Crippen LogP contribution is 2.30. The molecular formula is C21H23ClN6O. The maximum absolute atomic E-state index is 6.39. The van der Waals surface area contributed by atoms with Gasteiger partial charge in [-0.25, -0.2) is 9.97 Å². The summed E-state index contributed by atoms with van der Waals surface area (Å²) in [5, 5.41) is 3.92. The van der Waals surface area contributed by atoms with Crippen molar-refractivity contribution in [3.8, 4) is 5.75 Å². The lowest BCUT2D eigenvalue weighted by Crippen LogP contribution is -2.47. The molecule has 2 aromatic carbocycles. The molecule has 1 aliphatic heterocycles. The molecule has 150 valence electrons. The number of ether oxygens (including phenoxy) is 1. The Balaban J connectivity index is 1.44. The average Bonchev–Trinajstić information content (AvgIpc) is 2.77. The maximum atomic E-state index is 6.39. The number of nitrogen functional groups attached to an aromatic ring is 1. The Morgan fingerprint density at radius 3 is 2.24 bits per heavy atom. The molecule has 0 saturated carbocycles. The van der Waals surface area contributed by atoms with Crippen molar-refractivity contribution in [3.63, 3.8) is 0 Å². The van der Waals surface area contributed by atoms with Gasteiger partial charge in [-0.2, -0.15) is 0 Å². The second-order valence-corrected chi connectivity index (χ2v) is 7.20. The molecule has 0 amide bonds. The third-order valence-electron chi connectivity index (χ3n) is 4.99. The van der Waals surface area contributed by atoms with Crippen LogP contribution in [0.2, 0.25) is 5.02 Å². The second-order valence-electron chi connectivity index (χ2n) is 6.76. The number of rotatable bonds is 5. The smallest absolute Gasteiger partial charge is 0.159 e. The number of hydrogen-bond donors (Lipinski definition) is 2. The Hall–Kier alpha value is -3.19. The molecule has 7 nitrogen and oxygen atoms in total. The molecule has 8 heteroatoms. The molecule has 29 heavy (non-hydrogen) atoms. The van der Waals surface area contributed by atoms with E-state index in [9.17, 15) is 0 Å². The first-order chi connectivity index (χ1) is 14.1. The van der Waals surface area contributed by atoms with Gasteiger partial charge < -0.3 is 25.6 Å². The van der Waals surface area contributed by atoms with Crippen LogP contribution in [0, 0.1) is 0 Å². The molecule has 2 heterocycles. The van der Waals surface area contributed by atoms with Gasteiger partial charge in [0.2, 0.25) is 0 Å². The summed E-state index contributed by atoms with van der Waals surface area (Å²) >= 11 is 5.95. The standard InChI is InChI=1S/C21H23ClN6O/c1-29-18-8-6-17(7-9-18)27-10-12-28(13-11-27)21-19(23)20(24-14-25-21)26-16-4-2-15(22)3-5-16/h2-9,14H,10-13,23H2,1H3,(H,24,25,26).